The van der Waals surface area contributed by atoms with Crippen molar-refractivity contribution in [2.45, 2.75) is 12.5 Å². The summed E-state index contributed by atoms with van der Waals surface area (Å²) >= 11 is 1.38. The first-order valence-corrected chi connectivity index (χ1v) is 12.3. The van der Waals surface area contributed by atoms with Crippen LogP contribution in [0.2, 0.25) is 0 Å². The number of hydrogen-bond acceptors (Lipinski definition) is 6. The molecule has 2 aromatic carbocycles. The molecule has 172 valence electrons. The summed E-state index contributed by atoms with van der Waals surface area (Å²) in [5.74, 6) is 0.145. The highest BCUT2D eigenvalue weighted by atomic mass is 32.1. The largest absolute Gasteiger partial charge is 0.334 e. The molecule has 1 unspecified atom stereocenters. The van der Waals surface area contributed by atoms with Gasteiger partial charge in [0.25, 0.3) is 5.91 Å². The minimum absolute atomic E-state index is 0.00266. The molecule has 2 aliphatic rings. The molecule has 34 heavy (non-hydrogen) atoms. The van der Waals surface area contributed by atoms with Crippen LogP contribution in [-0.2, 0) is 4.79 Å². The highest BCUT2D eigenvalue weighted by molar-refractivity contribution is 7.11. The van der Waals surface area contributed by atoms with Crippen LogP contribution in [0.1, 0.15) is 16.2 Å². The first kappa shape index (κ1) is 21.0. The van der Waals surface area contributed by atoms with Gasteiger partial charge in [0, 0.05) is 73.4 Å². The van der Waals surface area contributed by atoms with Gasteiger partial charge in [-0.1, -0.05) is 30.3 Å². The highest BCUT2D eigenvalue weighted by Crippen LogP contribution is 2.32. The zero-order valence-corrected chi connectivity index (χ0v) is 19.4. The topological polar surface area (TPSA) is 85.4 Å². The second kappa shape index (κ2) is 8.66. The first-order chi connectivity index (χ1) is 16.7. The predicted molar refractivity (Wildman–Crippen MR) is 132 cm³/mol. The molecule has 4 aromatic rings. The third kappa shape index (κ3) is 3.76. The Bertz CT molecular complexity index is 1340. The lowest BCUT2D eigenvalue weighted by Gasteiger charge is -2.37. The molecule has 0 aliphatic carbocycles. The molecule has 2 aliphatic heterocycles. The first-order valence-electron chi connectivity index (χ1n) is 11.4. The van der Waals surface area contributed by atoms with E-state index in [0.717, 1.165) is 40.8 Å². The van der Waals surface area contributed by atoms with Gasteiger partial charge in [0.1, 0.15) is 0 Å². The van der Waals surface area contributed by atoms with E-state index in [1.54, 1.807) is 6.20 Å². The van der Waals surface area contributed by atoms with Crippen LogP contribution in [0.5, 0.6) is 0 Å². The lowest BCUT2D eigenvalue weighted by Crippen LogP contribution is -2.52. The Balaban J connectivity index is 1.15. The highest BCUT2D eigenvalue weighted by Gasteiger charge is 2.36. The number of nitrogens with one attached hydrogen (secondary N) is 1. The number of fused-ring (bicyclic) bond motifs is 1. The van der Waals surface area contributed by atoms with Crippen LogP contribution in [0.4, 0.5) is 5.69 Å². The molecule has 2 aromatic heterocycles. The number of benzene rings is 2. The van der Waals surface area contributed by atoms with Gasteiger partial charge in [-0.05, 0) is 17.7 Å². The number of hydrogen-bond donors (Lipinski definition) is 1. The number of aromatic nitrogens is 3. The molecule has 1 N–H and O–H groups in total. The van der Waals surface area contributed by atoms with Crippen LogP contribution in [0.3, 0.4) is 0 Å². The average molecular weight is 473 g/mol. The summed E-state index contributed by atoms with van der Waals surface area (Å²) in [6.07, 6.45) is 3.99. The predicted octanol–water partition coefficient (Wildman–Crippen LogP) is 3.25. The van der Waals surface area contributed by atoms with Gasteiger partial charge in [-0.15, -0.1) is 11.3 Å². The van der Waals surface area contributed by atoms with Crippen LogP contribution >= 0.6 is 11.3 Å². The third-order valence-electron chi connectivity index (χ3n) is 6.78. The fourth-order valence-electron chi connectivity index (χ4n) is 4.99. The van der Waals surface area contributed by atoms with Crippen LogP contribution in [-0.4, -0.2) is 75.6 Å². The number of carbonyl (C=O) groups is 2. The Hall–Kier alpha value is -3.56. The van der Waals surface area contributed by atoms with Crippen molar-refractivity contribution in [3.63, 3.8) is 0 Å². The minimum atomic E-state index is 0.00266. The molecular formula is C25H24N6O2S. The smallest absolute Gasteiger partial charge is 0.282 e. The fraction of sp³-hybridized carbons (Fsp3) is 0.280. The Morgan fingerprint density at radius 3 is 2.76 bits per heavy atom. The van der Waals surface area contributed by atoms with Crippen LogP contribution < -0.4 is 4.90 Å². The number of para-hydroxylation sites is 1. The summed E-state index contributed by atoms with van der Waals surface area (Å²) in [4.78, 5) is 35.8. The van der Waals surface area contributed by atoms with E-state index >= 15 is 0 Å². The van der Waals surface area contributed by atoms with E-state index in [1.165, 1.54) is 11.3 Å². The number of carbonyl (C=O) groups excluding carboxylic acids is 2. The van der Waals surface area contributed by atoms with Crippen LogP contribution in [0.25, 0.3) is 22.0 Å². The molecule has 4 heterocycles. The third-order valence-corrected chi connectivity index (χ3v) is 7.54. The Kier molecular flexibility index (Phi) is 5.35. The lowest BCUT2D eigenvalue weighted by molar-refractivity contribution is -0.117. The summed E-state index contributed by atoms with van der Waals surface area (Å²) in [7, 11) is 0. The van der Waals surface area contributed by atoms with Crippen molar-refractivity contribution >= 4 is 39.7 Å². The molecule has 0 saturated carbocycles. The second-order valence-electron chi connectivity index (χ2n) is 8.72. The van der Waals surface area contributed by atoms with Crippen molar-refractivity contribution in [1.29, 1.82) is 0 Å². The van der Waals surface area contributed by atoms with Crippen molar-refractivity contribution < 1.29 is 9.59 Å². The zero-order chi connectivity index (χ0) is 23.1. The van der Waals surface area contributed by atoms with Gasteiger partial charge < -0.3 is 9.80 Å². The van der Waals surface area contributed by atoms with E-state index in [9.17, 15) is 9.59 Å². The van der Waals surface area contributed by atoms with E-state index in [0.29, 0.717) is 31.1 Å². The monoisotopic (exact) mass is 472 g/mol. The molecule has 6 rings (SSSR count). The summed E-state index contributed by atoms with van der Waals surface area (Å²) in [5.41, 5.74) is 4.04. The minimum Gasteiger partial charge on any atom is -0.334 e. The van der Waals surface area contributed by atoms with Crippen LogP contribution in [0, 0.1) is 0 Å². The maximum absolute atomic E-state index is 13.0. The number of nitrogens with zero attached hydrogens (tertiary/aromatic N) is 5. The van der Waals surface area contributed by atoms with Gasteiger partial charge in [0.05, 0.1) is 11.7 Å². The second-order valence-corrected chi connectivity index (χ2v) is 9.61. The van der Waals surface area contributed by atoms with Gasteiger partial charge >= 0.3 is 0 Å². The summed E-state index contributed by atoms with van der Waals surface area (Å²) in [6.45, 7) is 3.52. The summed E-state index contributed by atoms with van der Waals surface area (Å²) in [6, 6.07) is 14.4. The molecule has 8 nitrogen and oxygen atoms in total. The van der Waals surface area contributed by atoms with Crippen molar-refractivity contribution in [1.82, 2.24) is 25.0 Å². The average Bonchev–Trinajstić information content (AvgIpc) is 3.64. The van der Waals surface area contributed by atoms with E-state index in [1.807, 2.05) is 45.6 Å². The SMILES string of the molecule is O=C(c1nccs1)N1CCN(C2CC(=O)N(c3cccc(-c4cccc5cn[nH]c45)c3)C2)CC1. The van der Waals surface area contributed by atoms with E-state index < -0.39 is 0 Å². The number of piperazine rings is 1. The van der Waals surface area contributed by atoms with Gasteiger partial charge in [-0.2, -0.15) is 5.10 Å². The zero-order valence-electron chi connectivity index (χ0n) is 18.6. The van der Waals surface area contributed by atoms with E-state index in [2.05, 4.69) is 38.3 Å². The molecule has 2 fully saturated rings. The normalized spacial score (nSPS) is 19.3. The van der Waals surface area contributed by atoms with Gasteiger partial charge in [0.2, 0.25) is 5.91 Å². The number of amides is 2. The van der Waals surface area contributed by atoms with Crippen molar-refractivity contribution in [2.75, 3.05) is 37.6 Å². The molecule has 2 amide bonds. The summed E-state index contributed by atoms with van der Waals surface area (Å²) in [5, 5.41) is 10.7. The molecule has 2 saturated heterocycles. The molecule has 1 atom stereocenters. The maximum Gasteiger partial charge on any atom is 0.282 e. The number of rotatable bonds is 4. The number of thiazole rings is 1. The van der Waals surface area contributed by atoms with Crippen molar-refractivity contribution in [2.24, 2.45) is 0 Å². The van der Waals surface area contributed by atoms with E-state index in [-0.39, 0.29) is 17.9 Å². The Morgan fingerprint density at radius 1 is 1.09 bits per heavy atom. The maximum atomic E-state index is 13.0. The molecule has 0 radical (unpaired) electrons. The standard InChI is InChI=1S/C25H24N6O2S/c32-22-14-20(29-8-10-30(11-9-29)25(33)24-26-7-12-34-24)16-31(22)19-5-1-3-17(13-19)21-6-2-4-18-15-27-28-23(18)21/h1-7,12-13,15,20H,8-11,14,16H2,(H,27,28). The lowest BCUT2D eigenvalue weighted by atomic mass is 10.0. The van der Waals surface area contributed by atoms with E-state index in [4.69, 9.17) is 0 Å². The van der Waals surface area contributed by atoms with Crippen LogP contribution in [0.15, 0.2) is 60.2 Å². The number of aromatic amines is 1. The number of H-pyrrole nitrogens is 1. The molecule has 0 bridgehead atoms. The number of anilines is 1. The fourth-order valence-corrected chi connectivity index (χ4v) is 5.59. The van der Waals surface area contributed by atoms with Gasteiger partial charge in [-0.3, -0.25) is 19.6 Å². The quantitative estimate of drug-likeness (QED) is 0.493. The van der Waals surface area contributed by atoms with Gasteiger partial charge in [0.15, 0.2) is 5.01 Å². The Labute approximate surface area is 200 Å². The van der Waals surface area contributed by atoms with Crippen molar-refractivity contribution in [3.05, 3.63) is 65.2 Å². The molecular weight excluding hydrogens is 448 g/mol. The van der Waals surface area contributed by atoms with Gasteiger partial charge in [-0.25, -0.2) is 4.98 Å². The van der Waals surface area contributed by atoms with Crippen molar-refractivity contribution in [3.8, 4) is 11.1 Å². The summed E-state index contributed by atoms with van der Waals surface area (Å²) < 4.78 is 0. The Morgan fingerprint density at radius 2 is 1.94 bits per heavy atom. The molecule has 9 heteroatoms. The molecule has 0 spiro atoms.